The molecule has 0 unspecified atom stereocenters. The summed E-state index contributed by atoms with van der Waals surface area (Å²) >= 11 is 0. The molecule has 2 rings (SSSR count). The molecule has 1 aromatic heterocycles. The smallest absolute Gasteiger partial charge is 0.140 e. The maximum atomic E-state index is 8.82. The number of nitrogens with zero attached hydrogens (tertiary/aromatic N) is 2. The van der Waals surface area contributed by atoms with Crippen LogP contribution in [0.25, 0.3) is 0 Å². The predicted molar refractivity (Wildman–Crippen MR) is 81.3 cm³/mol. The van der Waals surface area contributed by atoms with E-state index in [1.165, 1.54) is 18.4 Å². The molecule has 1 heterocycles. The Hall–Kier alpha value is -2.34. The molecule has 3 heteroatoms. The van der Waals surface area contributed by atoms with Gasteiger partial charge in [0.2, 0.25) is 0 Å². The first-order chi connectivity index (χ1) is 9.81. The molecule has 20 heavy (non-hydrogen) atoms. The normalized spacial score (nSPS) is 10.0. The van der Waals surface area contributed by atoms with Gasteiger partial charge in [-0.15, -0.1) is 0 Å². The number of anilines is 1. The molecular formula is C17H19N3. The summed E-state index contributed by atoms with van der Waals surface area (Å²) in [5, 5.41) is 12.2. The maximum absolute atomic E-state index is 8.82. The molecule has 0 saturated heterocycles. The molecule has 0 atom stereocenters. The molecule has 0 saturated carbocycles. The fourth-order valence-electron chi connectivity index (χ4n) is 2.02. The lowest BCUT2D eigenvalue weighted by Crippen LogP contribution is -2.00. The van der Waals surface area contributed by atoms with Gasteiger partial charge in [0.25, 0.3) is 0 Å². The molecule has 1 N–H and O–H groups in total. The third kappa shape index (κ3) is 4.10. The molecule has 3 nitrogen and oxygen atoms in total. The van der Waals surface area contributed by atoms with Crippen LogP contribution in [0.1, 0.15) is 36.6 Å². The van der Waals surface area contributed by atoms with E-state index in [0.29, 0.717) is 12.2 Å². The largest absolute Gasteiger partial charge is 0.381 e. The molecular weight excluding hydrogens is 246 g/mol. The highest BCUT2D eigenvalue weighted by atomic mass is 14.9. The highest BCUT2D eigenvalue weighted by molar-refractivity contribution is 5.45. The predicted octanol–water partition coefficient (Wildman–Crippen LogP) is 3.91. The Morgan fingerprint density at radius 2 is 1.95 bits per heavy atom. The van der Waals surface area contributed by atoms with Crippen molar-refractivity contribution in [3.05, 3.63) is 59.4 Å². The number of benzene rings is 1. The second-order valence-electron chi connectivity index (χ2n) is 4.82. The van der Waals surface area contributed by atoms with Crippen LogP contribution in [0, 0.1) is 11.3 Å². The van der Waals surface area contributed by atoms with Crippen molar-refractivity contribution >= 4 is 5.69 Å². The summed E-state index contributed by atoms with van der Waals surface area (Å²) in [4.78, 5) is 3.96. The fourth-order valence-corrected chi connectivity index (χ4v) is 2.02. The average molecular weight is 265 g/mol. The van der Waals surface area contributed by atoms with E-state index in [0.717, 1.165) is 17.7 Å². The van der Waals surface area contributed by atoms with Crippen LogP contribution >= 0.6 is 0 Å². The second kappa shape index (κ2) is 7.30. The van der Waals surface area contributed by atoms with E-state index in [2.05, 4.69) is 47.6 Å². The molecule has 0 aliphatic rings. The van der Waals surface area contributed by atoms with Crippen LogP contribution in [0.2, 0.25) is 0 Å². The minimum absolute atomic E-state index is 0.458. The number of aromatic nitrogens is 1. The van der Waals surface area contributed by atoms with Gasteiger partial charge in [-0.2, -0.15) is 5.26 Å². The number of hydrogen-bond donors (Lipinski definition) is 1. The highest BCUT2D eigenvalue weighted by Crippen LogP contribution is 2.13. The fraction of sp³-hybridized carbons (Fsp3) is 0.294. The van der Waals surface area contributed by atoms with Crippen molar-refractivity contribution in [2.45, 2.75) is 32.7 Å². The summed E-state index contributed by atoms with van der Waals surface area (Å²) in [6.07, 6.45) is 5.28. The van der Waals surface area contributed by atoms with Gasteiger partial charge in [-0.3, -0.25) is 0 Å². The van der Waals surface area contributed by atoms with E-state index in [4.69, 9.17) is 5.26 Å². The first-order valence-electron chi connectivity index (χ1n) is 6.99. The molecule has 0 spiro atoms. The molecule has 0 bridgehead atoms. The Balaban J connectivity index is 1.92. The number of rotatable bonds is 6. The van der Waals surface area contributed by atoms with Gasteiger partial charge in [-0.1, -0.05) is 25.5 Å². The van der Waals surface area contributed by atoms with Gasteiger partial charge >= 0.3 is 0 Å². The van der Waals surface area contributed by atoms with Crippen LogP contribution in [0.15, 0.2) is 42.6 Å². The molecule has 0 aliphatic carbocycles. The van der Waals surface area contributed by atoms with Crippen molar-refractivity contribution in [1.82, 2.24) is 4.98 Å². The second-order valence-corrected chi connectivity index (χ2v) is 4.82. The summed E-state index contributed by atoms with van der Waals surface area (Å²) in [7, 11) is 0. The number of nitrogens with one attached hydrogen (secondary N) is 1. The Morgan fingerprint density at radius 1 is 1.15 bits per heavy atom. The summed E-state index contributed by atoms with van der Waals surface area (Å²) < 4.78 is 0. The number of pyridine rings is 1. The molecule has 0 amide bonds. The number of nitriles is 1. The van der Waals surface area contributed by atoms with Gasteiger partial charge in [0.05, 0.1) is 0 Å². The van der Waals surface area contributed by atoms with E-state index in [1.54, 1.807) is 6.20 Å². The molecule has 0 radical (unpaired) electrons. The van der Waals surface area contributed by atoms with Crippen LogP contribution < -0.4 is 5.32 Å². The van der Waals surface area contributed by atoms with Crippen molar-refractivity contribution in [1.29, 1.82) is 5.26 Å². The first kappa shape index (κ1) is 14.1. The van der Waals surface area contributed by atoms with Crippen LogP contribution in [0.3, 0.4) is 0 Å². The van der Waals surface area contributed by atoms with Gasteiger partial charge in [0.15, 0.2) is 0 Å². The lowest BCUT2D eigenvalue weighted by atomic mass is 10.1. The quantitative estimate of drug-likeness (QED) is 0.861. The molecule has 1 aromatic carbocycles. The van der Waals surface area contributed by atoms with E-state index in [1.807, 2.05) is 12.1 Å². The maximum Gasteiger partial charge on any atom is 0.140 e. The summed E-state index contributed by atoms with van der Waals surface area (Å²) in [6, 6.07) is 14.3. The van der Waals surface area contributed by atoms with Crippen LogP contribution in [-0.4, -0.2) is 4.98 Å². The van der Waals surface area contributed by atoms with E-state index >= 15 is 0 Å². The summed E-state index contributed by atoms with van der Waals surface area (Å²) in [5.41, 5.74) is 4.00. The van der Waals surface area contributed by atoms with Gasteiger partial charge < -0.3 is 5.32 Å². The Bertz CT molecular complexity index is 582. The zero-order valence-corrected chi connectivity index (χ0v) is 11.8. The Morgan fingerprint density at radius 3 is 2.65 bits per heavy atom. The minimum Gasteiger partial charge on any atom is -0.381 e. The highest BCUT2D eigenvalue weighted by Gasteiger charge is 1.98. The summed E-state index contributed by atoms with van der Waals surface area (Å²) in [6.45, 7) is 2.91. The van der Waals surface area contributed by atoms with E-state index in [9.17, 15) is 0 Å². The third-order valence-corrected chi connectivity index (χ3v) is 3.21. The average Bonchev–Trinajstić information content (AvgIpc) is 2.52. The Kier molecular flexibility index (Phi) is 5.14. The standard InChI is InChI=1S/C17H19N3/c1-2-3-4-14-5-7-16(8-6-14)20-13-15-9-10-19-17(11-15)12-18/h5-11,20H,2-4,13H2,1H3. The lowest BCUT2D eigenvalue weighted by Gasteiger charge is -2.07. The van der Waals surface area contributed by atoms with Gasteiger partial charge in [0, 0.05) is 18.4 Å². The van der Waals surface area contributed by atoms with Gasteiger partial charge in [-0.25, -0.2) is 4.98 Å². The van der Waals surface area contributed by atoms with Crippen LogP contribution in [-0.2, 0) is 13.0 Å². The zero-order valence-electron chi connectivity index (χ0n) is 11.8. The molecule has 0 fully saturated rings. The Labute approximate surface area is 120 Å². The monoisotopic (exact) mass is 265 g/mol. The van der Waals surface area contributed by atoms with Crippen molar-refractivity contribution < 1.29 is 0 Å². The van der Waals surface area contributed by atoms with Crippen molar-refractivity contribution in [3.63, 3.8) is 0 Å². The number of hydrogen-bond acceptors (Lipinski definition) is 3. The van der Waals surface area contributed by atoms with Gasteiger partial charge in [-0.05, 0) is 48.2 Å². The van der Waals surface area contributed by atoms with E-state index in [-0.39, 0.29) is 0 Å². The first-order valence-corrected chi connectivity index (χ1v) is 6.99. The van der Waals surface area contributed by atoms with Crippen molar-refractivity contribution in [3.8, 4) is 6.07 Å². The topological polar surface area (TPSA) is 48.7 Å². The third-order valence-electron chi connectivity index (χ3n) is 3.21. The summed E-state index contributed by atoms with van der Waals surface area (Å²) in [5.74, 6) is 0. The van der Waals surface area contributed by atoms with E-state index < -0.39 is 0 Å². The van der Waals surface area contributed by atoms with Crippen LogP contribution in [0.5, 0.6) is 0 Å². The van der Waals surface area contributed by atoms with Gasteiger partial charge in [0.1, 0.15) is 11.8 Å². The lowest BCUT2D eigenvalue weighted by molar-refractivity contribution is 0.795. The number of aryl methyl sites for hydroxylation is 1. The molecule has 102 valence electrons. The number of unbranched alkanes of at least 4 members (excludes halogenated alkanes) is 1. The molecule has 2 aromatic rings. The molecule has 0 aliphatic heterocycles. The van der Waals surface area contributed by atoms with Crippen LogP contribution in [0.4, 0.5) is 5.69 Å². The SMILES string of the molecule is CCCCc1ccc(NCc2ccnc(C#N)c2)cc1. The van der Waals surface area contributed by atoms with Crippen molar-refractivity contribution in [2.75, 3.05) is 5.32 Å². The zero-order chi connectivity index (χ0) is 14.2. The minimum atomic E-state index is 0.458. The van der Waals surface area contributed by atoms with Crippen molar-refractivity contribution in [2.24, 2.45) is 0 Å².